The number of amides is 2. The van der Waals surface area contributed by atoms with Crippen LogP contribution < -0.4 is 5.32 Å². The SMILES string of the molecule is O=C(N[C@H]1CCS(=O)(=O)C1)N1CCCC[C@@H]1c1cn[nH]c1. The largest absolute Gasteiger partial charge is 0.334 e. The third-order valence-corrected chi connectivity index (χ3v) is 6.00. The van der Waals surface area contributed by atoms with Crippen LogP contribution in [0.5, 0.6) is 0 Å². The predicted octanol–water partition coefficient (Wildman–Crippen LogP) is 0.833. The van der Waals surface area contributed by atoms with Crippen molar-refractivity contribution in [2.75, 3.05) is 18.1 Å². The van der Waals surface area contributed by atoms with E-state index in [0.717, 1.165) is 24.8 Å². The molecule has 7 nitrogen and oxygen atoms in total. The number of sulfone groups is 1. The minimum atomic E-state index is -2.98. The smallest absolute Gasteiger partial charge is 0.318 e. The van der Waals surface area contributed by atoms with E-state index in [0.29, 0.717) is 13.0 Å². The summed E-state index contributed by atoms with van der Waals surface area (Å²) in [5.74, 6) is 0.228. The zero-order valence-corrected chi connectivity index (χ0v) is 12.6. The van der Waals surface area contributed by atoms with Crippen LogP contribution >= 0.6 is 0 Å². The van der Waals surface area contributed by atoms with E-state index in [2.05, 4.69) is 15.5 Å². The molecule has 1 aromatic rings. The van der Waals surface area contributed by atoms with Crippen LogP contribution in [0.2, 0.25) is 0 Å². The first kappa shape index (κ1) is 14.4. The zero-order valence-electron chi connectivity index (χ0n) is 11.8. The summed E-state index contributed by atoms with van der Waals surface area (Å²) < 4.78 is 22.9. The molecule has 0 bridgehead atoms. The summed E-state index contributed by atoms with van der Waals surface area (Å²) in [5, 5.41) is 9.61. The van der Waals surface area contributed by atoms with Gasteiger partial charge in [0.15, 0.2) is 9.84 Å². The van der Waals surface area contributed by atoms with E-state index in [1.165, 1.54) is 0 Å². The Morgan fingerprint density at radius 1 is 1.38 bits per heavy atom. The van der Waals surface area contributed by atoms with Gasteiger partial charge in [0.1, 0.15) is 0 Å². The summed E-state index contributed by atoms with van der Waals surface area (Å²) >= 11 is 0. The van der Waals surface area contributed by atoms with Gasteiger partial charge < -0.3 is 10.2 Å². The number of aromatic amines is 1. The highest BCUT2D eigenvalue weighted by Crippen LogP contribution is 2.30. The Morgan fingerprint density at radius 2 is 2.24 bits per heavy atom. The summed E-state index contributed by atoms with van der Waals surface area (Å²) in [7, 11) is -2.98. The predicted molar refractivity (Wildman–Crippen MR) is 77.5 cm³/mol. The molecular weight excluding hydrogens is 292 g/mol. The molecule has 2 saturated heterocycles. The molecule has 8 heteroatoms. The summed E-state index contributed by atoms with van der Waals surface area (Å²) in [6, 6.07) is -0.395. The lowest BCUT2D eigenvalue weighted by Crippen LogP contribution is -2.48. The van der Waals surface area contributed by atoms with Gasteiger partial charge in [-0.1, -0.05) is 0 Å². The monoisotopic (exact) mass is 312 g/mol. The van der Waals surface area contributed by atoms with E-state index < -0.39 is 9.84 Å². The maximum Gasteiger partial charge on any atom is 0.318 e. The molecule has 0 aliphatic carbocycles. The Labute approximate surface area is 124 Å². The van der Waals surface area contributed by atoms with Gasteiger partial charge in [-0.25, -0.2) is 13.2 Å². The first-order valence-electron chi connectivity index (χ1n) is 7.31. The van der Waals surface area contributed by atoms with E-state index in [9.17, 15) is 13.2 Å². The summed E-state index contributed by atoms with van der Waals surface area (Å²) in [5.41, 5.74) is 1.00. The number of H-pyrrole nitrogens is 1. The molecule has 0 radical (unpaired) electrons. The van der Waals surface area contributed by atoms with E-state index in [1.807, 2.05) is 6.20 Å². The zero-order chi connectivity index (χ0) is 14.9. The van der Waals surface area contributed by atoms with Crippen molar-refractivity contribution >= 4 is 15.9 Å². The number of likely N-dealkylation sites (tertiary alicyclic amines) is 1. The van der Waals surface area contributed by atoms with Gasteiger partial charge >= 0.3 is 6.03 Å². The minimum absolute atomic E-state index is 0.0236. The minimum Gasteiger partial charge on any atom is -0.334 e. The number of aromatic nitrogens is 2. The number of rotatable bonds is 2. The van der Waals surface area contributed by atoms with Crippen molar-refractivity contribution in [3.05, 3.63) is 18.0 Å². The standard InChI is InChI=1S/C13H20N4O3S/c18-13(16-11-4-6-21(19,20)9-11)17-5-2-1-3-12(17)10-7-14-15-8-10/h7-8,11-12H,1-6,9H2,(H,14,15)(H,16,18)/t11-,12+/m0/s1. The number of nitrogens with one attached hydrogen (secondary N) is 2. The number of carbonyl (C=O) groups excluding carboxylic acids is 1. The van der Waals surface area contributed by atoms with Crippen LogP contribution in [-0.4, -0.2) is 53.6 Å². The molecular formula is C13H20N4O3S. The number of hydrogen-bond donors (Lipinski definition) is 2. The molecule has 0 unspecified atom stereocenters. The summed E-state index contributed by atoms with van der Waals surface area (Å²) in [6.45, 7) is 0.696. The number of piperidine rings is 1. The molecule has 2 atom stereocenters. The molecule has 0 saturated carbocycles. The third-order valence-electron chi connectivity index (χ3n) is 4.23. The highest BCUT2D eigenvalue weighted by Gasteiger charge is 2.33. The summed E-state index contributed by atoms with van der Waals surface area (Å²) in [6.07, 6.45) is 7.04. The first-order valence-corrected chi connectivity index (χ1v) is 9.13. The van der Waals surface area contributed by atoms with Crippen molar-refractivity contribution in [2.45, 2.75) is 37.8 Å². The number of carbonyl (C=O) groups is 1. The third kappa shape index (κ3) is 3.20. The average molecular weight is 312 g/mol. The van der Waals surface area contributed by atoms with Crippen LogP contribution in [0.25, 0.3) is 0 Å². The molecule has 116 valence electrons. The second-order valence-corrected chi connectivity index (χ2v) is 8.01. The Morgan fingerprint density at radius 3 is 2.90 bits per heavy atom. The fraction of sp³-hybridized carbons (Fsp3) is 0.692. The average Bonchev–Trinajstić information content (AvgIpc) is 3.08. The van der Waals surface area contributed by atoms with Gasteiger partial charge in [0, 0.05) is 24.3 Å². The second kappa shape index (κ2) is 5.67. The summed E-state index contributed by atoms with van der Waals surface area (Å²) in [4.78, 5) is 14.3. The quantitative estimate of drug-likeness (QED) is 0.845. The Balaban J connectivity index is 1.67. The van der Waals surface area contributed by atoms with Crippen molar-refractivity contribution in [1.29, 1.82) is 0 Å². The van der Waals surface area contributed by atoms with Crippen LogP contribution in [-0.2, 0) is 9.84 Å². The van der Waals surface area contributed by atoms with Crippen LogP contribution in [0, 0.1) is 0 Å². The molecule has 2 aliphatic rings. The fourth-order valence-corrected chi connectivity index (χ4v) is 4.80. The van der Waals surface area contributed by atoms with E-state index in [-0.39, 0.29) is 29.6 Å². The molecule has 21 heavy (non-hydrogen) atoms. The van der Waals surface area contributed by atoms with Crippen molar-refractivity contribution in [2.24, 2.45) is 0 Å². The molecule has 3 heterocycles. The maximum absolute atomic E-state index is 12.5. The van der Waals surface area contributed by atoms with Crippen molar-refractivity contribution in [3.63, 3.8) is 0 Å². The lowest BCUT2D eigenvalue weighted by atomic mass is 9.98. The highest BCUT2D eigenvalue weighted by atomic mass is 32.2. The molecule has 1 aromatic heterocycles. The highest BCUT2D eigenvalue weighted by molar-refractivity contribution is 7.91. The normalized spacial score (nSPS) is 28.5. The maximum atomic E-state index is 12.5. The fourth-order valence-electron chi connectivity index (χ4n) is 3.13. The van der Waals surface area contributed by atoms with Crippen LogP contribution in [0.4, 0.5) is 4.79 Å². The van der Waals surface area contributed by atoms with Gasteiger partial charge in [0.25, 0.3) is 0 Å². The van der Waals surface area contributed by atoms with Crippen molar-refractivity contribution in [3.8, 4) is 0 Å². The number of hydrogen-bond acceptors (Lipinski definition) is 4. The molecule has 3 rings (SSSR count). The number of urea groups is 1. The Bertz CT molecular complexity index is 599. The first-order chi connectivity index (χ1) is 10.1. The van der Waals surface area contributed by atoms with Gasteiger partial charge in [0.2, 0.25) is 0 Å². The van der Waals surface area contributed by atoms with Gasteiger partial charge in [0.05, 0.1) is 23.7 Å². The van der Waals surface area contributed by atoms with Crippen molar-refractivity contribution < 1.29 is 13.2 Å². The van der Waals surface area contributed by atoms with E-state index >= 15 is 0 Å². The lowest BCUT2D eigenvalue weighted by molar-refractivity contribution is 0.149. The molecule has 2 amide bonds. The second-order valence-electron chi connectivity index (χ2n) is 5.79. The van der Waals surface area contributed by atoms with Gasteiger partial charge in [-0.2, -0.15) is 5.10 Å². The van der Waals surface area contributed by atoms with Gasteiger partial charge in [-0.05, 0) is 25.7 Å². The molecule has 2 fully saturated rings. The Hall–Kier alpha value is -1.57. The van der Waals surface area contributed by atoms with Gasteiger partial charge in [-0.15, -0.1) is 0 Å². The van der Waals surface area contributed by atoms with Crippen LogP contribution in [0.3, 0.4) is 0 Å². The van der Waals surface area contributed by atoms with Gasteiger partial charge in [-0.3, -0.25) is 5.10 Å². The topological polar surface area (TPSA) is 95.2 Å². The van der Waals surface area contributed by atoms with E-state index in [4.69, 9.17) is 0 Å². The molecule has 0 spiro atoms. The van der Waals surface area contributed by atoms with Crippen LogP contribution in [0.1, 0.15) is 37.3 Å². The molecule has 2 aliphatic heterocycles. The van der Waals surface area contributed by atoms with E-state index in [1.54, 1.807) is 11.1 Å². The Kier molecular flexibility index (Phi) is 3.88. The lowest BCUT2D eigenvalue weighted by Gasteiger charge is -2.35. The van der Waals surface area contributed by atoms with Crippen LogP contribution in [0.15, 0.2) is 12.4 Å². The van der Waals surface area contributed by atoms with Crippen molar-refractivity contribution in [1.82, 2.24) is 20.4 Å². The molecule has 0 aromatic carbocycles. The number of nitrogens with zero attached hydrogens (tertiary/aromatic N) is 2. The molecule has 2 N–H and O–H groups in total.